The SMILES string of the molecule is O=C(COc1ncnc2sc3c(c12)CCC3)Nc1cc([N+](=O)[O-])ccc1Cl. The first kappa shape index (κ1) is 17.6. The number of nitrogens with zero attached hydrogens (tertiary/aromatic N) is 3. The lowest BCUT2D eigenvalue weighted by Gasteiger charge is -2.09. The highest BCUT2D eigenvalue weighted by molar-refractivity contribution is 7.18. The largest absolute Gasteiger partial charge is 0.467 e. The summed E-state index contributed by atoms with van der Waals surface area (Å²) in [6.45, 7) is -0.296. The van der Waals surface area contributed by atoms with Crippen molar-refractivity contribution in [1.82, 2.24) is 9.97 Å². The van der Waals surface area contributed by atoms with E-state index in [1.807, 2.05) is 0 Å². The minimum atomic E-state index is -0.558. The summed E-state index contributed by atoms with van der Waals surface area (Å²) in [4.78, 5) is 33.1. The summed E-state index contributed by atoms with van der Waals surface area (Å²) in [5.74, 6) is -0.115. The number of anilines is 1. The fourth-order valence-electron chi connectivity index (χ4n) is 3.05. The second-order valence-electron chi connectivity index (χ2n) is 5.97. The van der Waals surface area contributed by atoms with Gasteiger partial charge in [-0.25, -0.2) is 9.97 Å². The average molecular weight is 405 g/mol. The Hall–Kier alpha value is -2.78. The van der Waals surface area contributed by atoms with Gasteiger partial charge in [0.25, 0.3) is 11.6 Å². The smallest absolute Gasteiger partial charge is 0.271 e. The van der Waals surface area contributed by atoms with Crippen LogP contribution in [0.4, 0.5) is 11.4 Å². The predicted molar refractivity (Wildman–Crippen MR) is 102 cm³/mol. The molecule has 10 heteroatoms. The molecule has 1 aliphatic carbocycles. The third kappa shape index (κ3) is 3.43. The number of fused-ring (bicyclic) bond motifs is 3. The van der Waals surface area contributed by atoms with E-state index in [4.69, 9.17) is 16.3 Å². The summed E-state index contributed by atoms with van der Waals surface area (Å²) in [7, 11) is 0. The molecule has 2 heterocycles. The molecular formula is C17H13ClN4O4S. The van der Waals surface area contributed by atoms with Gasteiger partial charge >= 0.3 is 0 Å². The molecule has 0 spiro atoms. The van der Waals surface area contributed by atoms with Crippen LogP contribution in [0.15, 0.2) is 24.5 Å². The lowest BCUT2D eigenvalue weighted by atomic mass is 10.2. The molecule has 3 aromatic rings. The van der Waals surface area contributed by atoms with E-state index in [0.29, 0.717) is 5.88 Å². The van der Waals surface area contributed by atoms with Crippen molar-refractivity contribution in [2.45, 2.75) is 19.3 Å². The van der Waals surface area contributed by atoms with Crippen LogP contribution in [0.2, 0.25) is 5.02 Å². The van der Waals surface area contributed by atoms with Crippen molar-refractivity contribution >= 4 is 50.4 Å². The van der Waals surface area contributed by atoms with Crippen molar-refractivity contribution in [2.75, 3.05) is 11.9 Å². The van der Waals surface area contributed by atoms with Crippen molar-refractivity contribution in [2.24, 2.45) is 0 Å². The van der Waals surface area contributed by atoms with Crippen LogP contribution in [0.3, 0.4) is 0 Å². The number of aryl methyl sites for hydroxylation is 2. The van der Waals surface area contributed by atoms with Gasteiger partial charge < -0.3 is 10.1 Å². The van der Waals surface area contributed by atoms with Crippen LogP contribution in [0.1, 0.15) is 16.9 Å². The maximum atomic E-state index is 12.2. The number of hydrogen-bond acceptors (Lipinski definition) is 7. The lowest BCUT2D eigenvalue weighted by molar-refractivity contribution is -0.384. The predicted octanol–water partition coefficient (Wildman–Crippen LogP) is 3.76. The van der Waals surface area contributed by atoms with Gasteiger partial charge in [-0.05, 0) is 30.9 Å². The van der Waals surface area contributed by atoms with E-state index >= 15 is 0 Å². The molecule has 1 aromatic carbocycles. The molecule has 0 radical (unpaired) electrons. The molecule has 138 valence electrons. The van der Waals surface area contributed by atoms with Crippen LogP contribution in [0.5, 0.6) is 5.88 Å². The molecule has 0 bridgehead atoms. The quantitative estimate of drug-likeness (QED) is 0.512. The van der Waals surface area contributed by atoms with Crippen LogP contribution < -0.4 is 10.1 Å². The Morgan fingerprint density at radius 1 is 1.37 bits per heavy atom. The maximum absolute atomic E-state index is 12.2. The van der Waals surface area contributed by atoms with Gasteiger partial charge in [0.1, 0.15) is 11.2 Å². The van der Waals surface area contributed by atoms with Crippen molar-refractivity contribution in [3.8, 4) is 5.88 Å². The number of rotatable bonds is 5. The van der Waals surface area contributed by atoms with Gasteiger partial charge in [-0.3, -0.25) is 14.9 Å². The monoisotopic (exact) mass is 404 g/mol. The highest BCUT2D eigenvalue weighted by Gasteiger charge is 2.22. The Balaban J connectivity index is 1.50. The number of ether oxygens (including phenoxy) is 1. The minimum absolute atomic E-state index is 0.156. The van der Waals surface area contributed by atoms with Crippen molar-refractivity contribution < 1.29 is 14.5 Å². The Kier molecular flexibility index (Phi) is 4.63. The van der Waals surface area contributed by atoms with Crippen LogP contribution in [-0.2, 0) is 17.6 Å². The van der Waals surface area contributed by atoms with Gasteiger partial charge in [0, 0.05) is 17.0 Å². The first-order valence-electron chi connectivity index (χ1n) is 8.15. The molecule has 0 aliphatic heterocycles. The second-order valence-corrected chi connectivity index (χ2v) is 7.47. The third-order valence-corrected chi connectivity index (χ3v) is 5.77. The number of hydrogen-bond donors (Lipinski definition) is 1. The highest BCUT2D eigenvalue weighted by atomic mass is 35.5. The molecule has 1 aliphatic rings. The van der Waals surface area contributed by atoms with Gasteiger partial charge in [0.2, 0.25) is 5.88 Å². The molecular weight excluding hydrogens is 392 g/mol. The van der Waals surface area contributed by atoms with Crippen molar-refractivity contribution in [1.29, 1.82) is 0 Å². The zero-order chi connectivity index (χ0) is 19.0. The fraction of sp³-hybridized carbons (Fsp3) is 0.235. The molecule has 27 heavy (non-hydrogen) atoms. The van der Waals surface area contributed by atoms with Crippen molar-refractivity contribution in [3.05, 3.63) is 50.1 Å². The average Bonchev–Trinajstić information content (AvgIpc) is 3.22. The van der Waals surface area contributed by atoms with Gasteiger partial charge in [-0.2, -0.15) is 0 Å². The van der Waals surface area contributed by atoms with E-state index in [9.17, 15) is 14.9 Å². The summed E-state index contributed by atoms with van der Waals surface area (Å²) in [5, 5.41) is 14.5. The zero-order valence-electron chi connectivity index (χ0n) is 13.9. The molecule has 0 fully saturated rings. The van der Waals surface area contributed by atoms with E-state index in [2.05, 4.69) is 15.3 Å². The number of non-ortho nitro benzene ring substituents is 1. The summed E-state index contributed by atoms with van der Waals surface area (Å²) in [6, 6.07) is 3.83. The lowest BCUT2D eigenvalue weighted by Crippen LogP contribution is -2.20. The van der Waals surface area contributed by atoms with Gasteiger partial charge in [0.05, 0.1) is 21.0 Å². The number of thiophene rings is 1. The number of aromatic nitrogens is 2. The van der Waals surface area contributed by atoms with E-state index in [1.165, 1.54) is 35.0 Å². The van der Waals surface area contributed by atoms with Crippen LogP contribution in [0, 0.1) is 10.1 Å². The Bertz CT molecular complexity index is 1070. The first-order chi connectivity index (χ1) is 13.0. The summed E-state index contributed by atoms with van der Waals surface area (Å²) in [6.07, 6.45) is 4.49. The Morgan fingerprint density at radius 3 is 3.04 bits per heavy atom. The van der Waals surface area contributed by atoms with Crippen LogP contribution in [-0.4, -0.2) is 27.4 Å². The topological polar surface area (TPSA) is 107 Å². The highest BCUT2D eigenvalue weighted by Crippen LogP contribution is 2.39. The molecule has 0 atom stereocenters. The number of halogens is 1. The molecule has 0 saturated carbocycles. The van der Waals surface area contributed by atoms with Gasteiger partial charge in [-0.15, -0.1) is 11.3 Å². The van der Waals surface area contributed by atoms with E-state index < -0.39 is 10.8 Å². The summed E-state index contributed by atoms with van der Waals surface area (Å²) < 4.78 is 5.62. The van der Waals surface area contributed by atoms with Crippen LogP contribution >= 0.6 is 22.9 Å². The number of amides is 1. The van der Waals surface area contributed by atoms with Gasteiger partial charge in [0.15, 0.2) is 6.61 Å². The molecule has 4 rings (SSSR count). The standard InChI is InChI=1S/C17H13ClN4O4S/c18-11-5-4-9(22(24)25)6-12(11)21-14(23)7-26-16-15-10-2-1-3-13(10)27-17(15)20-8-19-16/h4-6,8H,1-3,7H2,(H,21,23). The molecule has 1 amide bonds. The van der Waals surface area contributed by atoms with E-state index in [-0.39, 0.29) is 23.0 Å². The Labute approximate surface area is 162 Å². The second kappa shape index (κ2) is 7.09. The van der Waals surface area contributed by atoms with E-state index in [1.54, 1.807) is 11.3 Å². The van der Waals surface area contributed by atoms with Crippen molar-refractivity contribution in [3.63, 3.8) is 0 Å². The summed E-state index contributed by atoms with van der Waals surface area (Å²) >= 11 is 7.62. The van der Waals surface area contributed by atoms with Gasteiger partial charge in [-0.1, -0.05) is 11.6 Å². The number of carbonyl (C=O) groups excluding carboxylic acids is 1. The Morgan fingerprint density at radius 2 is 2.22 bits per heavy atom. The molecule has 1 N–H and O–H groups in total. The van der Waals surface area contributed by atoms with E-state index in [0.717, 1.165) is 29.5 Å². The molecule has 0 saturated heterocycles. The maximum Gasteiger partial charge on any atom is 0.271 e. The number of benzene rings is 1. The molecule has 8 nitrogen and oxygen atoms in total. The van der Waals surface area contributed by atoms with Crippen LogP contribution in [0.25, 0.3) is 10.2 Å². The molecule has 2 aromatic heterocycles. The number of nitrogens with one attached hydrogen (secondary N) is 1. The number of nitro benzene ring substituents is 1. The summed E-state index contributed by atoms with van der Waals surface area (Å²) in [5.41, 5.74) is 1.19. The number of carbonyl (C=O) groups is 1. The fourth-order valence-corrected chi connectivity index (χ4v) is 4.44. The zero-order valence-corrected chi connectivity index (χ0v) is 15.5. The first-order valence-corrected chi connectivity index (χ1v) is 9.34. The number of nitro groups is 1. The molecule has 0 unspecified atom stereocenters. The third-order valence-electron chi connectivity index (χ3n) is 4.24. The minimum Gasteiger partial charge on any atom is -0.467 e. The normalized spacial score (nSPS) is 12.8.